The SMILES string of the molecule is COc1ccc(OCC(=O)N2c3ccccc3C[C@@H]2C)cc1. The molecule has 1 aliphatic rings. The van der Waals surface area contributed by atoms with Gasteiger partial charge >= 0.3 is 0 Å². The van der Waals surface area contributed by atoms with Gasteiger partial charge in [-0.2, -0.15) is 0 Å². The first kappa shape index (κ1) is 14.4. The highest BCUT2D eigenvalue weighted by Crippen LogP contribution is 2.31. The van der Waals surface area contributed by atoms with Crippen LogP contribution in [0, 0.1) is 0 Å². The van der Waals surface area contributed by atoms with Crippen molar-refractivity contribution in [3.8, 4) is 11.5 Å². The van der Waals surface area contributed by atoms with Gasteiger partial charge in [0.05, 0.1) is 7.11 Å². The molecule has 1 heterocycles. The zero-order valence-corrected chi connectivity index (χ0v) is 12.8. The third-order valence-electron chi connectivity index (χ3n) is 3.90. The number of fused-ring (bicyclic) bond motifs is 1. The normalized spacial score (nSPS) is 16.3. The molecule has 0 unspecified atom stereocenters. The summed E-state index contributed by atoms with van der Waals surface area (Å²) < 4.78 is 10.7. The quantitative estimate of drug-likeness (QED) is 0.870. The average molecular weight is 297 g/mol. The second kappa shape index (κ2) is 6.10. The first-order valence-corrected chi connectivity index (χ1v) is 7.36. The van der Waals surface area contributed by atoms with Crippen molar-refractivity contribution in [2.75, 3.05) is 18.6 Å². The maximum absolute atomic E-state index is 12.5. The minimum absolute atomic E-state index is 0.0201. The Morgan fingerprint density at radius 2 is 1.82 bits per heavy atom. The van der Waals surface area contributed by atoms with E-state index in [9.17, 15) is 4.79 Å². The highest BCUT2D eigenvalue weighted by molar-refractivity contribution is 5.97. The van der Waals surface area contributed by atoms with Crippen LogP contribution >= 0.6 is 0 Å². The maximum atomic E-state index is 12.5. The molecule has 0 aromatic heterocycles. The summed E-state index contributed by atoms with van der Waals surface area (Å²) in [5.41, 5.74) is 2.21. The second-order valence-electron chi connectivity index (χ2n) is 5.41. The minimum atomic E-state index is -0.0201. The lowest BCUT2D eigenvalue weighted by Crippen LogP contribution is -2.39. The predicted molar refractivity (Wildman–Crippen MR) is 85.6 cm³/mol. The highest BCUT2D eigenvalue weighted by atomic mass is 16.5. The molecule has 0 N–H and O–H groups in total. The summed E-state index contributed by atoms with van der Waals surface area (Å²) in [6.07, 6.45) is 0.893. The lowest BCUT2D eigenvalue weighted by Gasteiger charge is -2.22. The summed E-state index contributed by atoms with van der Waals surface area (Å²) in [5, 5.41) is 0. The predicted octanol–water partition coefficient (Wildman–Crippen LogP) is 3.05. The van der Waals surface area contributed by atoms with E-state index in [0.29, 0.717) is 5.75 Å². The van der Waals surface area contributed by atoms with Gasteiger partial charge in [-0.25, -0.2) is 0 Å². The first-order valence-electron chi connectivity index (χ1n) is 7.36. The Balaban J connectivity index is 1.67. The van der Waals surface area contributed by atoms with Gasteiger partial charge in [0.15, 0.2) is 6.61 Å². The molecule has 2 aromatic carbocycles. The molecule has 0 saturated heterocycles. The van der Waals surface area contributed by atoms with Crippen molar-refractivity contribution in [1.82, 2.24) is 0 Å². The van der Waals surface area contributed by atoms with E-state index in [1.165, 1.54) is 5.56 Å². The highest BCUT2D eigenvalue weighted by Gasteiger charge is 2.30. The number of rotatable bonds is 4. The monoisotopic (exact) mass is 297 g/mol. The van der Waals surface area contributed by atoms with Gasteiger partial charge in [0.2, 0.25) is 0 Å². The molecule has 114 valence electrons. The number of ether oxygens (including phenoxy) is 2. The third-order valence-corrected chi connectivity index (χ3v) is 3.90. The fraction of sp³-hybridized carbons (Fsp3) is 0.278. The van der Waals surface area contributed by atoms with Crippen LogP contribution in [0.2, 0.25) is 0 Å². The van der Waals surface area contributed by atoms with E-state index >= 15 is 0 Å². The van der Waals surface area contributed by atoms with Crippen LogP contribution in [0.5, 0.6) is 11.5 Å². The Morgan fingerprint density at radius 3 is 2.55 bits per heavy atom. The molecule has 0 bridgehead atoms. The van der Waals surface area contributed by atoms with Gasteiger partial charge < -0.3 is 14.4 Å². The summed E-state index contributed by atoms with van der Waals surface area (Å²) in [4.78, 5) is 14.3. The summed E-state index contributed by atoms with van der Waals surface area (Å²) >= 11 is 0. The van der Waals surface area contributed by atoms with E-state index in [0.717, 1.165) is 17.9 Å². The molecule has 4 nitrogen and oxygen atoms in total. The Bertz CT molecular complexity index is 666. The van der Waals surface area contributed by atoms with Crippen molar-refractivity contribution in [3.63, 3.8) is 0 Å². The fourth-order valence-corrected chi connectivity index (χ4v) is 2.83. The molecule has 2 aromatic rings. The molecule has 4 heteroatoms. The number of benzene rings is 2. The second-order valence-corrected chi connectivity index (χ2v) is 5.41. The van der Waals surface area contributed by atoms with Crippen LogP contribution in [0.3, 0.4) is 0 Å². The Labute approximate surface area is 130 Å². The molecule has 1 aliphatic heterocycles. The van der Waals surface area contributed by atoms with Crippen molar-refractivity contribution in [1.29, 1.82) is 0 Å². The fourth-order valence-electron chi connectivity index (χ4n) is 2.83. The van der Waals surface area contributed by atoms with E-state index in [1.54, 1.807) is 19.2 Å². The standard InChI is InChI=1S/C18H19NO3/c1-13-11-14-5-3-4-6-17(14)19(13)18(20)12-22-16-9-7-15(21-2)8-10-16/h3-10,13H,11-12H2,1-2H3/t13-/m0/s1. The number of methoxy groups -OCH3 is 1. The molecular weight excluding hydrogens is 278 g/mol. The van der Waals surface area contributed by atoms with Crippen LogP contribution in [0.25, 0.3) is 0 Å². The Hall–Kier alpha value is -2.49. The van der Waals surface area contributed by atoms with Crippen LogP contribution in [-0.4, -0.2) is 25.7 Å². The Morgan fingerprint density at radius 1 is 1.14 bits per heavy atom. The average Bonchev–Trinajstić information content (AvgIpc) is 2.89. The van der Waals surface area contributed by atoms with Gasteiger partial charge in [0.1, 0.15) is 11.5 Å². The largest absolute Gasteiger partial charge is 0.497 e. The molecule has 0 spiro atoms. The number of carbonyl (C=O) groups excluding carboxylic acids is 1. The summed E-state index contributed by atoms with van der Waals surface area (Å²) in [6.45, 7) is 2.09. The van der Waals surface area contributed by atoms with Crippen molar-refractivity contribution >= 4 is 11.6 Å². The van der Waals surface area contributed by atoms with Crippen molar-refractivity contribution in [3.05, 3.63) is 54.1 Å². The topological polar surface area (TPSA) is 38.8 Å². The van der Waals surface area contributed by atoms with Gasteiger partial charge in [-0.15, -0.1) is 0 Å². The first-order chi connectivity index (χ1) is 10.7. The van der Waals surface area contributed by atoms with E-state index in [-0.39, 0.29) is 18.6 Å². The lowest BCUT2D eigenvalue weighted by atomic mass is 10.1. The minimum Gasteiger partial charge on any atom is -0.497 e. The molecule has 0 radical (unpaired) electrons. The maximum Gasteiger partial charge on any atom is 0.265 e. The molecule has 0 saturated carbocycles. The van der Waals surface area contributed by atoms with Crippen molar-refractivity contribution in [2.45, 2.75) is 19.4 Å². The number of hydrogen-bond donors (Lipinski definition) is 0. The number of nitrogens with zero attached hydrogens (tertiary/aromatic N) is 1. The van der Waals surface area contributed by atoms with E-state index in [2.05, 4.69) is 13.0 Å². The van der Waals surface area contributed by atoms with Gasteiger partial charge in [-0.1, -0.05) is 18.2 Å². The van der Waals surface area contributed by atoms with E-state index in [4.69, 9.17) is 9.47 Å². The van der Waals surface area contributed by atoms with Crippen molar-refractivity contribution in [2.24, 2.45) is 0 Å². The van der Waals surface area contributed by atoms with Gasteiger partial charge in [-0.3, -0.25) is 4.79 Å². The molecule has 1 amide bonds. The molecule has 3 rings (SSSR count). The number of anilines is 1. The molecule has 22 heavy (non-hydrogen) atoms. The number of carbonyl (C=O) groups is 1. The summed E-state index contributed by atoms with van der Waals surface area (Å²) in [7, 11) is 1.62. The lowest BCUT2D eigenvalue weighted by molar-refractivity contribution is -0.120. The zero-order valence-electron chi connectivity index (χ0n) is 12.8. The number of hydrogen-bond acceptors (Lipinski definition) is 3. The van der Waals surface area contributed by atoms with Crippen LogP contribution in [-0.2, 0) is 11.2 Å². The van der Waals surface area contributed by atoms with Crippen molar-refractivity contribution < 1.29 is 14.3 Å². The van der Waals surface area contributed by atoms with Gasteiger partial charge in [-0.05, 0) is 49.2 Å². The number of amides is 1. The van der Waals surface area contributed by atoms with Crippen LogP contribution in [0.15, 0.2) is 48.5 Å². The van der Waals surface area contributed by atoms with Gasteiger partial charge in [0, 0.05) is 11.7 Å². The van der Waals surface area contributed by atoms with E-state index in [1.807, 2.05) is 35.2 Å². The number of para-hydroxylation sites is 1. The van der Waals surface area contributed by atoms with Crippen LogP contribution < -0.4 is 14.4 Å². The van der Waals surface area contributed by atoms with E-state index < -0.39 is 0 Å². The van der Waals surface area contributed by atoms with Gasteiger partial charge in [0.25, 0.3) is 5.91 Å². The van der Waals surface area contributed by atoms with Crippen LogP contribution in [0.4, 0.5) is 5.69 Å². The zero-order chi connectivity index (χ0) is 15.5. The van der Waals surface area contributed by atoms with Crippen LogP contribution in [0.1, 0.15) is 12.5 Å². The molecule has 1 atom stereocenters. The smallest absolute Gasteiger partial charge is 0.265 e. The Kier molecular flexibility index (Phi) is 4.00. The molecular formula is C18H19NO3. The molecule has 0 fully saturated rings. The third kappa shape index (κ3) is 2.77. The summed E-state index contributed by atoms with van der Waals surface area (Å²) in [6, 6.07) is 15.4. The summed E-state index contributed by atoms with van der Waals surface area (Å²) in [5.74, 6) is 1.41. The molecule has 0 aliphatic carbocycles.